The van der Waals surface area contributed by atoms with E-state index in [4.69, 9.17) is 9.84 Å². The minimum atomic E-state index is -0.974. The number of benzene rings is 1. The Kier molecular flexibility index (Phi) is 3.29. The van der Waals surface area contributed by atoms with Gasteiger partial charge in [-0.25, -0.2) is 4.79 Å². The summed E-state index contributed by atoms with van der Waals surface area (Å²) in [5, 5.41) is 8.58. The molecule has 0 atom stereocenters. The Morgan fingerprint density at radius 2 is 2.07 bits per heavy atom. The summed E-state index contributed by atoms with van der Waals surface area (Å²) in [6, 6.07) is 7.43. The van der Waals surface area contributed by atoms with Crippen LogP contribution in [0.3, 0.4) is 0 Å². The molecule has 1 aromatic rings. The van der Waals surface area contributed by atoms with E-state index in [0.29, 0.717) is 5.75 Å². The Morgan fingerprint density at radius 3 is 2.64 bits per heavy atom. The van der Waals surface area contributed by atoms with Gasteiger partial charge in [0.1, 0.15) is 12.0 Å². The number of hydrogen-bond donors (Lipinski definition) is 1. The maximum Gasteiger partial charge on any atom is 0.334 e. The van der Waals surface area contributed by atoms with Crippen LogP contribution in [-0.2, 0) is 4.79 Å². The number of carboxylic acid groups (broad SMARTS) is 1. The first kappa shape index (κ1) is 10.3. The third-order valence-corrected chi connectivity index (χ3v) is 1.79. The van der Waals surface area contributed by atoms with Gasteiger partial charge in [0.2, 0.25) is 0 Å². The molecule has 0 bridgehead atoms. The van der Waals surface area contributed by atoms with Gasteiger partial charge in [0.15, 0.2) is 0 Å². The van der Waals surface area contributed by atoms with Crippen molar-refractivity contribution in [2.45, 2.75) is 13.8 Å². The van der Waals surface area contributed by atoms with E-state index < -0.39 is 5.97 Å². The summed E-state index contributed by atoms with van der Waals surface area (Å²) in [4.78, 5) is 10.5. The number of ether oxygens (including phenoxy) is 1. The van der Waals surface area contributed by atoms with Gasteiger partial charge in [0.25, 0.3) is 0 Å². The second-order valence-electron chi connectivity index (χ2n) is 2.99. The van der Waals surface area contributed by atoms with Crippen molar-refractivity contribution in [3.63, 3.8) is 0 Å². The molecule has 14 heavy (non-hydrogen) atoms. The van der Waals surface area contributed by atoms with E-state index in [2.05, 4.69) is 0 Å². The first-order chi connectivity index (χ1) is 6.61. The Hall–Kier alpha value is -1.77. The molecule has 1 N–H and O–H groups in total. The Balaban J connectivity index is 2.76. The summed E-state index contributed by atoms with van der Waals surface area (Å²) >= 11 is 0. The van der Waals surface area contributed by atoms with Crippen LogP contribution < -0.4 is 4.74 Å². The van der Waals surface area contributed by atoms with Crippen molar-refractivity contribution in [2.75, 3.05) is 0 Å². The first-order valence-electron chi connectivity index (χ1n) is 4.23. The third kappa shape index (κ3) is 2.62. The molecular weight excluding hydrogens is 180 g/mol. The van der Waals surface area contributed by atoms with E-state index in [0.717, 1.165) is 5.56 Å². The second-order valence-corrected chi connectivity index (χ2v) is 2.99. The second kappa shape index (κ2) is 4.46. The van der Waals surface area contributed by atoms with Crippen LogP contribution in [0.1, 0.15) is 12.5 Å². The number of rotatable bonds is 3. The quantitative estimate of drug-likeness (QED) is 0.590. The molecule has 0 aromatic heterocycles. The lowest BCUT2D eigenvalue weighted by atomic mass is 10.2. The van der Waals surface area contributed by atoms with E-state index in [-0.39, 0.29) is 5.57 Å². The van der Waals surface area contributed by atoms with E-state index in [1.807, 2.05) is 25.1 Å². The maximum atomic E-state index is 10.5. The summed E-state index contributed by atoms with van der Waals surface area (Å²) in [7, 11) is 0. The lowest BCUT2D eigenvalue weighted by Gasteiger charge is -2.03. The molecule has 0 aliphatic heterocycles. The summed E-state index contributed by atoms with van der Waals surface area (Å²) in [6.45, 7) is 3.39. The highest BCUT2D eigenvalue weighted by molar-refractivity contribution is 5.85. The van der Waals surface area contributed by atoms with Crippen LogP contribution in [0.2, 0.25) is 0 Å². The highest BCUT2D eigenvalue weighted by Gasteiger charge is 2.00. The van der Waals surface area contributed by atoms with Crippen LogP contribution in [0, 0.1) is 6.92 Å². The Bertz CT molecular complexity index is 367. The topological polar surface area (TPSA) is 46.5 Å². The SMILES string of the molecule is CC(=COc1ccccc1C)C(=O)O. The predicted molar refractivity (Wildman–Crippen MR) is 53.2 cm³/mol. The van der Waals surface area contributed by atoms with Crippen LogP contribution in [0.5, 0.6) is 5.75 Å². The molecular formula is C11H12O3. The Morgan fingerprint density at radius 1 is 1.43 bits per heavy atom. The molecule has 1 rings (SSSR count). The van der Waals surface area contributed by atoms with Crippen LogP contribution in [0.4, 0.5) is 0 Å². The fraction of sp³-hybridized carbons (Fsp3) is 0.182. The minimum absolute atomic E-state index is 0.174. The fourth-order valence-corrected chi connectivity index (χ4v) is 0.891. The van der Waals surface area contributed by atoms with Gasteiger partial charge in [-0.3, -0.25) is 0 Å². The number of carboxylic acids is 1. The lowest BCUT2D eigenvalue weighted by Crippen LogP contribution is -1.98. The van der Waals surface area contributed by atoms with Crippen molar-refractivity contribution in [3.05, 3.63) is 41.7 Å². The van der Waals surface area contributed by atoms with Crippen LogP contribution in [0.25, 0.3) is 0 Å². The van der Waals surface area contributed by atoms with Gasteiger partial charge in [-0.1, -0.05) is 18.2 Å². The average Bonchev–Trinajstić information content (AvgIpc) is 2.16. The van der Waals surface area contributed by atoms with Crippen molar-refractivity contribution >= 4 is 5.97 Å². The third-order valence-electron chi connectivity index (χ3n) is 1.79. The number of carbonyl (C=O) groups is 1. The molecule has 0 saturated carbocycles. The fourth-order valence-electron chi connectivity index (χ4n) is 0.891. The van der Waals surface area contributed by atoms with E-state index in [1.165, 1.54) is 13.2 Å². The van der Waals surface area contributed by atoms with Gasteiger partial charge in [0.05, 0.1) is 5.57 Å². The number of aliphatic carboxylic acids is 1. The monoisotopic (exact) mass is 192 g/mol. The molecule has 1 aromatic carbocycles. The van der Waals surface area contributed by atoms with Crippen molar-refractivity contribution in [3.8, 4) is 5.75 Å². The minimum Gasteiger partial charge on any atom is -0.478 e. The zero-order valence-electron chi connectivity index (χ0n) is 8.15. The molecule has 0 aliphatic carbocycles. The lowest BCUT2D eigenvalue weighted by molar-refractivity contribution is -0.132. The van der Waals surface area contributed by atoms with Crippen LogP contribution in [-0.4, -0.2) is 11.1 Å². The molecule has 0 spiro atoms. The molecule has 0 unspecified atom stereocenters. The molecule has 74 valence electrons. The molecule has 0 heterocycles. The zero-order valence-corrected chi connectivity index (χ0v) is 8.15. The maximum absolute atomic E-state index is 10.5. The van der Waals surface area contributed by atoms with Crippen molar-refractivity contribution in [1.82, 2.24) is 0 Å². The van der Waals surface area contributed by atoms with Crippen molar-refractivity contribution in [1.29, 1.82) is 0 Å². The summed E-state index contributed by atoms with van der Waals surface area (Å²) in [5.74, 6) is -0.299. The van der Waals surface area contributed by atoms with Crippen molar-refractivity contribution in [2.24, 2.45) is 0 Å². The van der Waals surface area contributed by atoms with Gasteiger partial charge in [-0.15, -0.1) is 0 Å². The molecule has 3 nitrogen and oxygen atoms in total. The predicted octanol–water partition coefficient (Wildman–Crippen LogP) is 2.36. The summed E-state index contributed by atoms with van der Waals surface area (Å²) < 4.78 is 5.22. The first-order valence-corrected chi connectivity index (χ1v) is 4.23. The molecule has 0 amide bonds. The van der Waals surface area contributed by atoms with Gasteiger partial charge in [-0.2, -0.15) is 0 Å². The van der Waals surface area contributed by atoms with Crippen LogP contribution >= 0.6 is 0 Å². The highest BCUT2D eigenvalue weighted by atomic mass is 16.5. The van der Waals surface area contributed by atoms with E-state index >= 15 is 0 Å². The molecule has 0 fully saturated rings. The zero-order chi connectivity index (χ0) is 10.6. The standard InChI is InChI=1S/C11H12O3/c1-8-5-3-4-6-10(8)14-7-9(2)11(12)13/h3-7H,1-2H3,(H,12,13). The average molecular weight is 192 g/mol. The summed E-state index contributed by atoms with van der Waals surface area (Å²) in [6.07, 6.45) is 1.24. The van der Waals surface area contributed by atoms with Gasteiger partial charge in [-0.05, 0) is 25.5 Å². The molecule has 0 saturated heterocycles. The number of hydrogen-bond acceptors (Lipinski definition) is 2. The van der Waals surface area contributed by atoms with Gasteiger partial charge < -0.3 is 9.84 Å². The highest BCUT2D eigenvalue weighted by Crippen LogP contribution is 2.16. The van der Waals surface area contributed by atoms with E-state index in [1.54, 1.807) is 6.07 Å². The van der Waals surface area contributed by atoms with Crippen LogP contribution in [0.15, 0.2) is 36.1 Å². The van der Waals surface area contributed by atoms with E-state index in [9.17, 15) is 4.79 Å². The molecule has 3 heteroatoms. The largest absolute Gasteiger partial charge is 0.478 e. The molecule has 0 radical (unpaired) electrons. The smallest absolute Gasteiger partial charge is 0.334 e. The summed E-state index contributed by atoms with van der Waals surface area (Å²) in [5.41, 5.74) is 1.15. The molecule has 0 aliphatic rings. The Labute approximate surface area is 82.6 Å². The number of aryl methyl sites for hydroxylation is 1. The van der Waals surface area contributed by atoms with Gasteiger partial charge in [0, 0.05) is 0 Å². The number of para-hydroxylation sites is 1. The van der Waals surface area contributed by atoms with Crippen molar-refractivity contribution < 1.29 is 14.6 Å². The normalized spacial score (nSPS) is 11.1. The van der Waals surface area contributed by atoms with Gasteiger partial charge >= 0.3 is 5.97 Å².